The van der Waals surface area contributed by atoms with Crippen molar-refractivity contribution < 1.29 is 38.2 Å². The van der Waals surface area contributed by atoms with Crippen LogP contribution in [0.15, 0.2) is 41.6 Å². The Morgan fingerprint density at radius 2 is 1.79 bits per heavy atom. The zero-order chi connectivity index (χ0) is 23.5. The van der Waals surface area contributed by atoms with Gasteiger partial charge in [0, 0.05) is 18.3 Å². The Balaban J connectivity index is 1.23. The number of oxime groups is 1. The zero-order valence-corrected chi connectivity index (χ0v) is 17.7. The van der Waals surface area contributed by atoms with Crippen molar-refractivity contribution in [3.63, 3.8) is 0 Å². The van der Waals surface area contributed by atoms with Crippen molar-refractivity contribution in [1.82, 2.24) is 4.90 Å². The van der Waals surface area contributed by atoms with Crippen molar-refractivity contribution in [2.75, 3.05) is 32.4 Å². The lowest BCUT2D eigenvalue weighted by Gasteiger charge is -2.07. The van der Waals surface area contributed by atoms with Crippen molar-refractivity contribution in [3.8, 4) is 11.5 Å². The van der Waals surface area contributed by atoms with Gasteiger partial charge in [0.15, 0.2) is 18.1 Å². The van der Waals surface area contributed by atoms with E-state index in [9.17, 15) is 19.2 Å². The summed E-state index contributed by atoms with van der Waals surface area (Å²) in [4.78, 5) is 53.8. The molecule has 3 amide bonds. The molecular weight excluding hydrogens is 434 g/mol. The first-order valence-corrected chi connectivity index (χ1v) is 9.82. The molecule has 0 fully saturated rings. The standard InChI is InChI=1S/C22H19N3O8/c1-12(13-3-6-17-18(7-13)32-11-31-17)24-33-10-20(27)30-9-19(26)23-14-4-5-15-16(8-14)22(29)25(2)21(15)28/h3-8H,9-11H2,1-2H3,(H,23,26)/b24-12+. The first-order valence-electron chi connectivity index (χ1n) is 9.82. The summed E-state index contributed by atoms with van der Waals surface area (Å²) in [5, 5.41) is 6.37. The number of amides is 3. The van der Waals surface area contributed by atoms with E-state index in [2.05, 4.69) is 10.5 Å². The van der Waals surface area contributed by atoms with Gasteiger partial charge in [-0.15, -0.1) is 0 Å². The van der Waals surface area contributed by atoms with Crippen LogP contribution in [0, 0.1) is 0 Å². The minimum atomic E-state index is -0.788. The number of hydrogen-bond donors (Lipinski definition) is 1. The molecule has 2 aromatic rings. The predicted octanol–water partition coefficient (Wildman–Crippen LogP) is 1.56. The number of esters is 1. The average molecular weight is 453 g/mol. The summed E-state index contributed by atoms with van der Waals surface area (Å²) in [6.07, 6.45) is 0. The molecule has 1 N–H and O–H groups in total. The Hall–Kier alpha value is -4.41. The second-order valence-electron chi connectivity index (χ2n) is 7.16. The van der Waals surface area contributed by atoms with Gasteiger partial charge < -0.3 is 24.4 Å². The maximum absolute atomic E-state index is 12.0. The van der Waals surface area contributed by atoms with Crippen molar-refractivity contribution in [2.45, 2.75) is 6.92 Å². The van der Waals surface area contributed by atoms with E-state index >= 15 is 0 Å². The number of carbonyl (C=O) groups is 4. The van der Waals surface area contributed by atoms with E-state index in [1.165, 1.54) is 25.2 Å². The maximum atomic E-state index is 12.0. The largest absolute Gasteiger partial charge is 0.454 e. The van der Waals surface area contributed by atoms with Crippen LogP contribution in [0.25, 0.3) is 0 Å². The number of imide groups is 1. The molecule has 2 aromatic carbocycles. The van der Waals surface area contributed by atoms with Crippen molar-refractivity contribution >= 4 is 35.1 Å². The van der Waals surface area contributed by atoms with Gasteiger partial charge in [-0.3, -0.25) is 19.3 Å². The summed E-state index contributed by atoms with van der Waals surface area (Å²) < 4.78 is 15.4. The normalized spacial score (nSPS) is 14.2. The van der Waals surface area contributed by atoms with Gasteiger partial charge in [0.2, 0.25) is 13.4 Å². The third-order valence-corrected chi connectivity index (χ3v) is 4.91. The summed E-state index contributed by atoms with van der Waals surface area (Å²) in [5.74, 6) is -1.03. The van der Waals surface area contributed by atoms with E-state index in [0.717, 1.165) is 10.5 Å². The maximum Gasteiger partial charge on any atom is 0.347 e. The van der Waals surface area contributed by atoms with Gasteiger partial charge in [0.25, 0.3) is 17.7 Å². The first-order chi connectivity index (χ1) is 15.8. The molecule has 0 aromatic heterocycles. The number of carbonyl (C=O) groups excluding carboxylic acids is 4. The van der Waals surface area contributed by atoms with E-state index in [4.69, 9.17) is 19.0 Å². The Labute approximate surface area is 187 Å². The lowest BCUT2D eigenvalue weighted by atomic mass is 10.1. The van der Waals surface area contributed by atoms with Crippen LogP contribution in [0.3, 0.4) is 0 Å². The summed E-state index contributed by atoms with van der Waals surface area (Å²) >= 11 is 0. The quantitative estimate of drug-likeness (QED) is 0.289. The number of anilines is 1. The van der Waals surface area contributed by atoms with Crippen molar-refractivity contribution in [1.29, 1.82) is 0 Å². The fourth-order valence-electron chi connectivity index (χ4n) is 3.18. The van der Waals surface area contributed by atoms with Gasteiger partial charge in [0.05, 0.1) is 16.8 Å². The molecule has 2 aliphatic rings. The summed E-state index contributed by atoms with van der Waals surface area (Å²) in [5.41, 5.74) is 2.00. The van der Waals surface area contributed by atoms with Gasteiger partial charge in [-0.25, -0.2) is 4.79 Å². The van der Waals surface area contributed by atoms with Crippen LogP contribution in [0.5, 0.6) is 11.5 Å². The molecule has 0 unspecified atom stereocenters. The highest BCUT2D eigenvalue weighted by molar-refractivity contribution is 6.21. The van der Waals surface area contributed by atoms with Crippen LogP contribution in [-0.2, 0) is 19.2 Å². The lowest BCUT2D eigenvalue weighted by Crippen LogP contribution is -2.24. The Morgan fingerprint density at radius 1 is 1.03 bits per heavy atom. The van der Waals surface area contributed by atoms with Gasteiger partial charge in [-0.2, -0.15) is 0 Å². The molecule has 11 heteroatoms. The highest BCUT2D eigenvalue weighted by Crippen LogP contribution is 2.32. The molecule has 2 aliphatic heterocycles. The molecule has 0 bridgehead atoms. The minimum Gasteiger partial charge on any atom is -0.454 e. The monoisotopic (exact) mass is 453 g/mol. The molecule has 0 radical (unpaired) electrons. The van der Waals surface area contributed by atoms with Crippen LogP contribution in [0.1, 0.15) is 33.2 Å². The number of fused-ring (bicyclic) bond motifs is 2. The number of nitrogens with one attached hydrogen (secondary N) is 1. The van der Waals surface area contributed by atoms with Gasteiger partial charge in [-0.05, 0) is 43.3 Å². The Bertz CT molecular complexity index is 1190. The fourth-order valence-corrected chi connectivity index (χ4v) is 3.18. The molecule has 33 heavy (non-hydrogen) atoms. The zero-order valence-electron chi connectivity index (χ0n) is 17.7. The number of hydrogen-bond acceptors (Lipinski definition) is 9. The Morgan fingerprint density at radius 3 is 2.61 bits per heavy atom. The lowest BCUT2D eigenvalue weighted by molar-refractivity contribution is -0.151. The molecule has 11 nitrogen and oxygen atoms in total. The van der Waals surface area contributed by atoms with E-state index in [-0.39, 0.29) is 17.9 Å². The topological polar surface area (TPSA) is 133 Å². The SMILES string of the molecule is C/C(=N\OCC(=O)OCC(=O)Nc1ccc2c(c1)C(=O)N(C)C2=O)c1ccc2c(c1)OCO2. The van der Waals surface area contributed by atoms with Crippen LogP contribution in [-0.4, -0.2) is 61.4 Å². The molecule has 0 spiro atoms. The second-order valence-corrected chi connectivity index (χ2v) is 7.16. The second kappa shape index (κ2) is 8.99. The molecule has 0 aliphatic carbocycles. The van der Waals surface area contributed by atoms with Crippen molar-refractivity contribution in [2.24, 2.45) is 5.16 Å². The van der Waals surface area contributed by atoms with Crippen molar-refractivity contribution in [3.05, 3.63) is 53.1 Å². The number of ether oxygens (including phenoxy) is 3. The molecular formula is C22H19N3O8. The van der Waals surface area contributed by atoms with E-state index in [1.807, 2.05) is 0 Å². The highest BCUT2D eigenvalue weighted by atomic mass is 16.7. The molecule has 0 saturated heterocycles. The summed E-state index contributed by atoms with van der Waals surface area (Å²) in [7, 11) is 1.38. The number of nitrogens with zero attached hydrogens (tertiary/aromatic N) is 2. The Kier molecular flexibility index (Phi) is 5.94. The van der Waals surface area contributed by atoms with Gasteiger partial charge in [0.1, 0.15) is 0 Å². The third kappa shape index (κ3) is 4.61. The first kappa shape index (κ1) is 21.8. The van der Waals surface area contributed by atoms with Crippen LogP contribution < -0.4 is 14.8 Å². The average Bonchev–Trinajstić information content (AvgIpc) is 3.36. The predicted molar refractivity (Wildman–Crippen MR) is 113 cm³/mol. The number of rotatable bonds is 7. The minimum absolute atomic E-state index is 0.159. The molecule has 4 rings (SSSR count). The number of benzene rings is 2. The summed E-state index contributed by atoms with van der Waals surface area (Å²) in [6, 6.07) is 9.60. The molecule has 0 atom stereocenters. The van der Waals surface area contributed by atoms with E-state index in [0.29, 0.717) is 22.9 Å². The molecule has 2 heterocycles. The van der Waals surface area contributed by atoms with E-state index < -0.39 is 36.9 Å². The summed E-state index contributed by atoms with van der Waals surface area (Å²) in [6.45, 7) is 0.809. The smallest absolute Gasteiger partial charge is 0.347 e. The molecule has 0 saturated carbocycles. The van der Waals surface area contributed by atoms with Gasteiger partial charge in [-0.1, -0.05) is 5.16 Å². The third-order valence-electron chi connectivity index (χ3n) is 4.91. The highest BCUT2D eigenvalue weighted by Gasteiger charge is 2.32. The van der Waals surface area contributed by atoms with Crippen LogP contribution in [0.4, 0.5) is 5.69 Å². The fraction of sp³-hybridized carbons (Fsp3) is 0.227. The molecule has 170 valence electrons. The van der Waals surface area contributed by atoms with Crippen LogP contribution in [0.2, 0.25) is 0 Å². The van der Waals surface area contributed by atoms with Gasteiger partial charge >= 0.3 is 5.97 Å². The van der Waals surface area contributed by atoms with E-state index in [1.54, 1.807) is 25.1 Å². The van der Waals surface area contributed by atoms with Crippen LogP contribution >= 0.6 is 0 Å².